The van der Waals surface area contributed by atoms with Crippen LogP contribution in [0.4, 0.5) is 0 Å². The minimum Gasteiger partial charge on any atom is -0.361 e. The summed E-state index contributed by atoms with van der Waals surface area (Å²) in [7, 11) is 0. The molecular formula is C16H16N2OS. The van der Waals surface area contributed by atoms with E-state index in [1.54, 1.807) is 11.3 Å². The molecule has 3 aromatic rings. The fraction of sp³-hybridized carbons (Fsp3) is 0.188. The number of carbonyl (C=O) groups is 1. The maximum atomic E-state index is 11.8. The van der Waals surface area contributed by atoms with Crippen LogP contribution in [-0.4, -0.2) is 17.4 Å². The minimum absolute atomic E-state index is 0.0911. The number of amides is 1. The second-order valence-corrected chi connectivity index (χ2v) is 5.79. The van der Waals surface area contributed by atoms with Gasteiger partial charge >= 0.3 is 0 Å². The van der Waals surface area contributed by atoms with E-state index in [0.29, 0.717) is 13.0 Å². The molecule has 0 saturated carbocycles. The van der Waals surface area contributed by atoms with E-state index in [-0.39, 0.29) is 5.91 Å². The Balaban J connectivity index is 1.50. The van der Waals surface area contributed by atoms with Crippen molar-refractivity contribution in [1.82, 2.24) is 10.3 Å². The molecule has 1 aromatic carbocycles. The molecular weight excluding hydrogens is 268 g/mol. The molecule has 0 radical (unpaired) electrons. The molecule has 1 amide bonds. The summed E-state index contributed by atoms with van der Waals surface area (Å²) in [6, 6.07) is 12.4. The lowest BCUT2D eigenvalue weighted by atomic mass is 10.1. The first-order valence-electron chi connectivity index (χ1n) is 6.66. The standard InChI is InChI=1S/C16H16N2OS/c19-16(11-14-2-1-9-20-14)18-7-5-12-3-4-13-6-8-17-15(13)10-12/h1-4,6,8-10,17H,5,7,11H2,(H,18,19). The molecule has 20 heavy (non-hydrogen) atoms. The molecule has 4 heteroatoms. The third-order valence-electron chi connectivity index (χ3n) is 3.27. The van der Waals surface area contributed by atoms with Crippen LogP contribution in [0.25, 0.3) is 10.9 Å². The molecule has 0 aliphatic carbocycles. The highest BCUT2D eigenvalue weighted by molar-refractivity contribution is 7.10. The zero-order valence-corrected chi connectivity index (χ0v) is 11.9. The average Bonchev–Trinajstić information content (AvgIpc) is 3.09. The Morgan fingerprint density at radius 3 is 3.05 bits per heavy atom. The number of hydrogen-bond donors (Lipinski definition) is 2. The molecule has 102 valence electrons. The summed E-state index contributed by atoms with van der Waals surface area (Å²) in [5.74, 6) is 0.0911. The molecule has 2 aromatic heterocycles. The van der Waals surface area contributed by atoms with Crippen molar-refractivity contribution >= 4 is 28.1 Å². The number of H-pyrrole nitrogens is 1. The van der Waals surface area contributed by atoms with E-state index in [0.717, 1.165) is 16.8 Å². The summed E-state index contributed by atoms with van der Waals surface area (Å²) in [6.45, 7) is 0.677. The van der Waals surface area contributed by atoms with Gasteiger partial charge in [0.2, 0.25) is 5.91 Å². The third kappa shape index (κ3) is 3.08. The van der Waals surface area contributed by atoms with Crippen molar-refractivity contribution < 1.29 is 4.79 Å². The van der Waals surface area contributed by atoms with Gasteiger partial charge < -0.3 is 10.3 Å². The number of benzene rings is 1. The summed E-state index contributed by atoms with van der Waals surface area (Å²) in [5.41, 5.74) is 2.38. The Morgan fingerprint density at radius 1 is 1.25 bits per heavy atom. The SMILES string of the molecule is O=C(Cc1cccs1)NCCc1ccc2cc[nH]c2c1. The quantitative estimate of drug-likeness (QED) is 0.743. The van der Waals surface area contributed by atoms with E-state index in [1.165, 1.54) is 10.9 Å². The van der Waals surface area contributed by atoms with E-state index in [4.69, 9.17) is 0 Å². The van der Waals surface area contributed by atoms with Gasteiger partial charge in [0.15, 0.2) is 0 Å². The predicted molar refractivity (Wildman–Crippen MR) is 83.0 cm³/mol. The van der Waals surface area contributed by atoms with Crippen LogP contribution in [0.1, 0.15) is 10.4 Å². The molecule has 0 atom stereocenters. The number of aromatic nitrogens is 1. The van der Waals surface area contributed by atoms with Crippen LogP contribution in [0.5, 0.6) is 0 Å². The number of rotatable bonds is 5. The second-order valence-electron chi connectivity index (χ2n) is 4.76. The van der Waals surface area contributed by atoms with Crippen molar-refractivity contribution in [1.29, 1.82) is 0 Å². The molecule has 0 spiro atoms. The largest absolute Gasteiger partial charge is 0.361 e. The van der Waals surface area contributed by atoms with Crippen LogP contribution < -0.4 is 5.32 Å². The number of nitrogens with one attached hydrogen (secondary N) is 2. The summed E-state index contributed by atoms with van der Waals surface area (Å²) < 4.78 is 0. The van der Waals surface area contributed by atoms with Gasteiger partial charge in [0.25, 0.3) is 0 Å². The molecule has 0 saturated heterocycles. The maximum Gasteiger partial charge on any atom is 0.225 e. The molecule has 3 rings (SSSR count). The normalized spacial score (nSPS) is 10.8. The number of aromatic amines is 1. The highest BCUT2D eigenvalue weighted by atomic mass is 32.1. The van der Waals surface area contributed by atoms with E-state index < -0.39 is 0 Å². The van der Waals surface area contributed by atoms with Gasteiger partial charge in [-0.05, 0) is 40.9 Å². The van der Waals surface area contributed by atoms with Gasteiger partial charge in [0.1, 0.15) is 0 Å². The summed E-state index contributed by atoms with van der Waals surface area (Å²) in [4.78, 5) is 16.1. The molecule has 0 fully saturated rings. The summed E-state index contributed by atoms with van der Waals surface area (Å²) in [5, 5.41) is 6.18. The molecule has 3 nitrogen and oxygen atoms in total. The van der Waals surface area contributed by atoms with E-state index in [9.17, 15) is 4.79 Å². The van der Waals surface area contributed by atoms with Crippen LogP contribution in [0.3, 0.4) is 0 Å². The topological polar surface area (TPSA) is 44.9 Å². The van der Waals surface area contributed by atoms with E-state index in [2.05, 4.69) is 34.6 Å². The molecule has 2 N–H and O–H groups in total. The lowest BCUT2D eigenvalue weighted by Gasteiger charge is -2.05. The minimum atomic E-state index is 0.0911. The number of fused-ring (bicyclic) bond motifs is 1. The van der Waals surface area contributed by atoms with E-state index in [1.807, 2.05) is 23.7 Å². The Morgan fingerprint density at radius 2 is 2.20 bits per heavy atom. The van der Waals surface area contributed by atoms with Crippen LogP contribution in [-0.2, 0) is 17.6 Å². The lowest BCUT2D eigenvalue weighted by molar-refractivity contribution is -0.120. The Bertz CT molecular complexity index is 700. The first-order valence-corrected chi connectivity index (χ1v) is 7.54. The van der Waals surface area contributed by atoms with Gasteiger partial charge in [-0.25, -0.2) is 0 Å². The monoisotopic (exact) mass is 284 g/mol. The second kappa shape index (κ2) is 5.92. The van der Waals surface area contributed by atoms with Gasteiger partial charge in [-0.1, -0.05) is 18.2 Å². The smallest absolute Gasteiger partial charge is 0.225 e. The highest BCUT2D eigenvalue weighted by Crippen LogP contribution is 2.14. The van der Waals surface area contributed by atoms with Crippen molar-refractivity contribution in [2.24, 2.45) is 0 Å². The van der Waals surface area contributed by atoms with Crippen LogP contribution in [0.2, 0.25) is 0 Å². The van der Waals surface area contributed by atoms with Gasteiger partial charge in [0.05, 0.1) is 6.42 Å². The fourth-order valence-corrected chi connectivity index (χ4v) is 2.93. The number of hydrogen-bond acceptors (Lipinski definition) is 2. The first kappa shape index (κ1) is 12.9. The third-order valence-corrected chi connectivity index (χ3v) is 4.15. The van der Waals surface area contributed by atoms with E-state index >= 15 is 0 Å². The lowest BCUT2D eigenvalue weighted by Crippen LogP contribution is -2.26. The first-order chi connectivity index (χ1) is 9.81. The molecule has 0 aliphatic rings. The van der Waals surface area contributed by atoms with Gasteiger partial charge in [-0.15, -0.1) is 11.3 Å². The Labute approximate surface area is 121 Å². The zero-order chi connectivity index (χ0) is 13.8. The fourth-order valence-electron chi connectivity index (χ4n) is 2.23. The van der Waals surface area contributed by atoms with Crippen molar-refractivity contribution in [3.05, 3.63) is 58.4 Å². The molecule has 0 unspecified atom stereocenters. The molecule has 0 aliphatic heterocycles. The predicted octanol–water partition coefficient (Wildman–Crippen LogP) is 3.13. The Kier molecular flexibility index (Phi) is 3.83. The molecule has 0 bridgehead atoms. The molecule has 2 heterocycles. The van der Waals surface area contributed by atoms with Crippen molar-refractivity contribution in [3.8, 4) is 0 Å². The average molecular weight is 284 g/mol. The summed E-state index contributed by atoms with van der Waals surface area (Å²) in [6.07, 6.45) is 3.27. The Hall–Kier alpha value is -2.07. The van der Waals surface area contributed by atoms with Crippen molar-refractivity contribution in [2.75, 3.05) is 6.54 Å². The number of thiophene rings is 1. The zero-order valence-electron chi connectivity index (χ0n) is 11.1. The van der Waals surface area contributed by atoms with Crippen molar-refractivity contribution in [2.45, 2.75) is 12.8 Å². The van der Waals surface area contributed by atoms with Crippen LogP contribution in [0.15, 0.2) is 48.0 Å². The highest BCUT2D eigenvalue weighted by Gasteiger charge is 2.04. The van der Waals surface area contributed by atoms with Gasteiger partial charge in [0, 0.05) is 23.1 Å². The summed E-state index contributed by atoms with van der Waals surface area (Å²) >= 11 is 1.62. The van der Waals surface area contributed by atoms with Crippen LogP contribution >= 0.6 is 11.3 Å². The number of carbonyl (C=O) groups excluding carboxylic acids is 1. The van der Waals surface area contributed by atoms with Crippen molar-refractivity contribution in [3.63, 3.8) is 0 Å². The van der Waals surface area contributed by atoms with Gasteiger partial charge in [-0.3, -0.25) is 4.79 Å². The van der Waals surface area contributed by atoms with Gasteiger partial charge in [-0.2, -0.15) is 0 Å². The maximum absolute atomic E-state index is 11.8. The van der Waals surface area contributed by atoms with Crippen LogP contribution in [0, 0.1) is 0 Å².